The molecule has 0 bridgehead atoms. The summed E-state index contributed by atoms with van der Waals surface area (Å²) in [6.07, 6.45) is -15.5. The van der Waals surface area contributed by atoms with Crippen molar-refractivity contribution in [3.8, 4) is 5.88 Å². The molecule has 1 aromatic heterocycles. The topological polar surface area (TPSA) is 65.7 Å². The average molecular weight is 491 g/mol. The third-order valence-corrected chi connectivity index (χ3v) is 4.01. The molecule has 0 N–H and O–H groups in total. The molecule has 0 atom stereocenters. The Labute approximate surface area is 179 Å². The SMILES string of the molecule is CCn1c(OCC(=O)OC)cc(C(F)(F)F)nc1=Nc1ccc(C(F)(F)F)cc1C(F)(F)F. The van der Waals surface area contributed by atoms with Gasteiger partial charge in [0.2, 0.25) is 5.62 Å². The Hall–Kier alpha value is -3.26. The van der Waals surface area contributed by atoms with Crippen molar-refractivity contribution in [2.45, 2.75) is 32.0 Å². The standard InChI is InChI=1S/C18H14F9N3O3/c1-3-30-13(33-8-14(31)32-2)7-12(18(25,26)27)29-15(30)28-11-5-4-9(16(19,20)21)6-10(11)17(22,23)24/h4-7H,3,8H2,1-2H3. The molecule has 6 nitrogen and oxygen atoms in total. The first-order valence-corrected chi connectivity index (χ1v) is 8.79. The number of halogens is 9. The predicted octanol–water partition coefficient (Wildman–Crippen LogP) is 4.74. The van der Waals surface area contributed by atoms with Gasteiger partial charge in [-0.15, -0.1) is 0 Å². The Morgan fingerprint density at radius 1 is 1.00 bits per heavy atom. The van der Waals surface area contributed by atoms with Crippen molar-refractivity contribution in [2.24, 2.45) is 4.99 Å². The molecule has 0 aliphatic carbocycles. The van der Waals surface area contributed by atoms with Gasteiger partial charge in [0.1, 0.15) is 0 Å². The van der Waals surface area contributed by atoms with Crippen LogP contribution >= 0.6 is 0 Å². The number of ether oxygens (including phenoxy) is 2. The van der Waals surface area contributed by atoms with Crippen molar-refractivity contribution in [1.29, 1.82) is 0 Å². The number of benzene rings is 1. The minimum absolute atomic E-state index is 0.211. The summed E-state index contributed by atoms with van der Waals surface area (Å²) < 4.78 is 129. The summed E-state index contributed by atoms with van der Waals surface area (Å²) in [5.74, 6) is -1.60. The summed E-state index contributed by atoms with van der Waals surface area (Å²) >= 11 is 0. The highest BCUT2D eigenvalue weighted by Gasteiger charge is 2.39. The summed E-state index contributed by atoms with van der Waals surface area (Å²) in [6.45, 7) is 0.282. The molecule has 15 heteroatoms. The number of alkyl halides is 9. The highest BCUT2D eigenvalue weighted by molar-refractivity contribution is 5.70. The van der Waals surface area contributed by atoms with Crippen LogP contribution in [0.2, 0.25) is 0 Å². The lowest BCUT2D eigenvalue weighted by Crippen LogP contribution is -2.30. The van der Waals surface area contributed by atoms with Gasteiger partial charge in [0.25, 0.3) is 0 Å². The van der Waals surface area contributed by atoms with Gasteiger partial charge in [0.15, 0.2) is 18.2 Å². The van der Waals surface area contributed by atoms with Gasteiger partial charge in [0.05, 0.1) is 23.9 Å². The lowest BCUT2D eigenvalue weighted by molar-refractivity contribution is -0.144. The van der Waals surface area contributed by atoms with Crippen molar-refractivity contribution >= 4 is 11.7 Å². The van der Waals surface area contributed by atoms with Gasteiger partial charge in [-0.3, -0.25) is 4.57 Å². The summed E-state index contributed by atoms with van der Waals surface area (Å²) in [6, 6.07) is 0.843. The zero-order valence-corrected chi connectivity index (χ0v) is 16.7. The van der Waals surface area contributed by atoms with Crippen molar-refractivity contribution < 1.29 is 53.8 Å². The van der Waals surface area contributed by atoms with Crippen LogP contribution in [0.15, 0.2) is 29.3 Å². The molecule has 0 aliphatic rings. The smallest absolute Gasteiger partial charge is 0.433 e. The van der Waals surface area contributed by atoms with Crippen molar-refractivity contribution in [3.63, 3.8) is 0 Å². The second-order valence-corrected chi connectivity index (χ2v) is 6.23. The largest absolute Gasteiger partial charge is 0.467 e. The molecule has 182 valence electrons. The van der Waals surface area contributed by atoms with E-state index in [2.05, 4.69) is 14.7 Å². The molecule has 0 saturated heterocycles. The highest BCUT2D eigenvalue weighted by atomic mass is 19.4. The van der Waals surface area contributed by atoms with E-state index in [1.807, 2.05) is 0 Å². The summed E-state index contributed by atoms with van der Waals surface area (Å²) in [5.41, 5.74) is -7.14. The summed E-state index contributed by atoms with van der Waals surface area (Å²) in [4.78, 5) is 17.9. The molecule has 0 fully saturated rings. The van der Waals surface area contributed by atoms with Crippen molar-refractivity contribution in [1.82, 2.24) is 9.55 Å². The summed E-state index contributed by atoms with van der Waals surface area (Å²) in [5, 5.41) is 0. The number of hydrogen-bond donors (Lipinski definition) is 0. The minimum Gasteiger partial charge on any atom is -0.467 e. The van der Waals surface area contributed by atoms with Gasteiger partial charge in [-0.25, -0.2) is 14.8 Å². The molecule has 1 heterocycles. The number of methoxy groups -OCH3 is 1. The molecule has 0 spiro atoms. The highest BCUT2D eigenvalue weighted by Crippen LogP contribution is 2.40. The van der Waals surface area contributed by atoms with E-state index < -0.39 is 65.1 Å². The molecule has 33 heavy (non-hydrogen) atoms. The van der Waals surface area contributed by atoms with Crippen LogP contribution in [-0.2, 0) is 34.6 Å². The van der Waals surface area contributed by atoms with Gasteiger partial charge in [0, 0.05) is 12.6 Å². The molecule has 0 aliphatic heterocycles. The maximum absolute atomic E-state index is 13.4. The maximum Gasteiger partial charge on any atom is 0.433 e. The predicted molar refractivity (Wildman–Crippen MR) is 92.1 cm³/mol. The Kier molecular flexibility index (Phi) is 7.33. The van der Waals surface area contributed by atoms with Gasteiger partial charge < -0.3 is 9.47 Å². The second kappa shape index (κ2) is 9.31. The van der Waals surface area contributed by atoms with Crippen LogP contribution in [0.4, 0.5) is 45.2 Å². The Balaban J connectivity index is 2.81. The van der Waals surface area contributed by atoms with Crippen molar-refractivity contribution in [3.05, 3.63) is 46.7 Å². The monoisotopic (exact) mass is 491 g/mol. The zero-order valence-electron chi connectivity index (χ0n) is 16.7. The Bertz CT molecular complexity index is 1090. The molecular weight excluding hydrogens is 477 g/mol. The van der Waals surface area contributed by atoms with Crippen LogP contribution in [0, 0.1) is 0 Å². The van der Waals surface area contributed by atoms with Crippen LogP contribution in [0.3, 0.4) is 0 Å². The van der Waals surface area contributed by atoms with Gasteiger partial charge >= 0.3 is 24.5 Å². The molecule has 2 rings (SSSR count). The summed E-state index contributed by atoms with van der Waals surface area (Å²) in [7, 11) is 0.983. The molecular formula is C18H14F9N3O3. The molecule has 0 unspecified atom stereocenters. The minimum atomic E-state index is -5.32. The fourth-order valence-electron chi connectivity index (χ4n) is 2.48. The molecule has 1 aromatic carbocycles. The number of rotatable bonds is 5. The number of nitrogens with zero attached hydrogens (tertiary/aromatic N) is 3. The maximum atomic E-state index is 13.4. The van der Waals surface area contributed by atoms with Gasteiger partial charge in [-0.1, -0.05) is 0 Å². The van der Waals surface area contributed by atoms with Gasteiger partial charge in [-0.05, 0) is 25.1 Å². The zero-order chi connectivity index (χ0) is 25.2. The number of aromatic nitrogens is 2. The van der Waals surface area contributed by atoms with E-state index >= 15 is 0 Å². The molecule has 0 saturated carbocycles. The first-order chi connectivity index (χ1) is 15.1. The fourth-order valence-corrected chi connectivity index (χ4v) is 2.48. The van der Waals surface area contributed by atoms with Crippen LogP contribution < -0.4 is 10.4 Å². The lowest BCUT2D eigenvalue weighted by Gasteiger charge is -2.16. The number of esters is 1. The molecule has 2 aromatic rings. The fraction of sp³-hybridized carbons (Fsp3) is 0.389. The number of carbonyl (C=O) groups excluding carboxylic acids is 1. The average Bonchev–Trinajstić information content (AvgIpc) is 2.69. The quantitative estimate of drug-likeness (QED) is 0.448. The second-order valence-electron chi connectivity index (χ2n) is 6.23. The van der Waals surface area contributed by atoms with Crippen molar-refractivity contribution in [2.75, 3.05) is 13.7 Å². The first kappa shape index (κ1) is 26.0. The Morgan fingerprint density at radius 2 is 1.64 bits per heavy atom. The van der Waals surface area contributed by atoms with E-state index in [1.54, 1.807) is 0 Å². The van der Waals surface area contributed by atoms with Crippen LogP contribution in [0.25, 0.3) is 0 Å². The van der Waals surface area contributed by atoms with E-state index in [-0.39, 0.29) is 12.6 Å². The van der Waals surface area contributed by atoms with Gasteiger partial charge in [-0.2, -0.15) is 39.5 Å². The van der Waals surface area contributed by atoms with Crippen LogP contribution in [-0.4, -0.2) is 29.2 Å². The van der Waals surface area contributed by atoms with E-state index in [4.69, 9.17) is 4.74 Å². The third-order valence-electron chi connectivity index (χ3n) is 4.01. The Morgan fingerprint density at radius 3 is 2.12 bits per heavy atom. The molecule has 0 amide bonds. The van der Waals surface area contributed by atoms with E-state index in [0.29, 0.717) is 18.2 Å². The molecule has 0 radical (unpaired) electrons. The van der Waals surface area contributed by atoms with Crippen LogP contribution in [0.1, 0.15) is 23.7 Å². The number of carbonyl (C=O) groups is 1. The third kappa shape index (κ3) is 6.38. The van der Waals surface area contributed by atoms with E-state index in [1.165, 1.54) is 6.92 Å². The van der Waals surface area contributed by atoms with E-state index in [0.717, 1.165) is 11.7 Å². The van der Waals surface area contributed by atoms with E-state index in [9.17, 15) is 44.3 Å². The normalized spacial score (nSPS) is 13.2. The van der Waals surface area contributed by atoms with Crippen LogP contribution in [0.5, 0.6) is 5.88 Å². The lowest BCUT2D eigenvalue weighted by atomic mass is 10.1. The number of hydrogen-bond acceptors (Lipinski definition) is 5. The first-order valence-electron chi connectivity index (χ1n) is 8.79.